The highest BCUT2D eigenvalue weighted by Crippen LogP contribution is 2.29. The van der Waals surface area contributed by atoms with Crippen molar-refractivity contribution in [3.8, 4) is 0 Å². The highest BCUT2D eigenvalue weighted by atomic mass is 35.5. The van der Waals surface area contributed by atoms with E-state index in [-0.39, 0.29) is 11.8 Å². The van der Waals surface area contributed by atoms with Crippen molar-refractivity contribution in [1.29, 1.82) is 0 Å². The normalized spacial score (nSPS) is 18.9. The second-order valence-electron chi connectivity index (χ2n) is 7.01. The Morgan fingerprint density at radius 3 is 2.25 bits per heavy atom. The number of hydrogen-bond acceptors (Lipinski definition) is 5. The minimum atomic E-state index is -0.124. The van der Waals surface area contributed by atoms with Gasteiger partial charge in [-0.1, -0.05) is 29.3 Å². The molecule has 0 atom stereocenters. The van der Waals surface area contributed by atoms with Gasteiger partial charge in [0.2, 0.25) is 11.8 Å². The Hall–Kier alpha value is -1.38. The van der Waals surface area contributed by atoms with Crippen molar-refractivity contribution in [3.63, 3.8) is 0 Å². The predicted molar refractivity (Wildman–Crippen MR) is 110 cm³/mol. The number of anilines is 1. The number of carbonyl (C=O) groups excluding carboxylic acids is 2. The summed E-state index contributed by atoms with van der Waals surface area (Å²) in [7, 11) is 0. The Morgan fingerprint density at radius 2 is 1.61 bits per heavy atom. The van der Waals surface area contributed by atoms with Gasteiger partial charge in [-0.25, -0.2) is 0 Å². The number of rotatable bonds is 6. The number of ether oxygens (including phenoxy) is 1. The molecule has 1 aromatic carbocycles. The number of piperazine rings is 1. The molecule has 0 bridgehead atoms. The SMILES string of the molecule is O=C(CCN1CCN(C(=O)CN2CCOCC2)CC1)Nc1c(Cl)cccc1Cl. The van der Waals surface area contributed by atoms with Crippen LogP contribution in [0.1, 0.15) is 6.42 Å². The average molecular weight is 429 g/mol. The van der Waals surface area contributed by atoms with E-state index in [4.69, 9.17) is 27.9 Å². The first-order valence-corrected chi connectivity index (χ1v) is 10.3. The van der Waals surface area contributed by atoms with Gasteiger partial charge >= 0.3 is 0 Å². The number of hydrogen-bond donors (Lipinski definition) is 1. The molecule has 9 heteroatoms. The van der Waals surface area contributed by atoms with Gasteiger partial charge in [0.25, 0.3) is 0 Å². The van der Waals surface area contributed by atoms with Crippen LogP contribution >= 0.6 is 23.2 Å². The zero-order valence-corrected chi connectivity index (χ0v) is 17.3. The van der Waals surface area contributed by atoms with Crippen LogP contribution in [0.25, 0.3) is 0 Å². The lowest BCUT2D eigenvalue weighted by Crippen LogP contribution is -2.52. The molecule has 3 rings (SSSR count). The fourth-order valence-electron chi connectivity index (χ4n) is 3.35. The van der Waals surface area contributed by atoms with Crippen LogP contribution in [-0.2, 0) is 14.3 Å². The number of benzene rings is 1. The van der Waals surface area contributed by atoms with Crippen molar-refractivity contribution in [1.82, 2.24) is 14.7 Å². The van der Waals surface area contributed by atoms with Crippen molar-refractivity contribution in [2.24, 2.45) is 0 Å². The monoisotopic (exact) mass is 428 g/mol. The molecule has 2 amide bonds. The van der Waals surface area contributed by atoms with Crippen molar-refractivity contribution >= 4 is 40.7 Å². The lowest BCUT2D eigenvalue weighted by Gasteiger charge is -2.36. The second kappa shape index (κ2) is 10.4. The number of para-hydroxylation sites is 1. The molecule has 2 aliphatic heterocycles. The first kappa shape index (κ1) is 21.3. The summed E-state index contributed by atoms with van der Waals surface area (Å²) < 4.78 is 5.32. The van der Waals surface area contributed by atoms with E-state index in [1.165, 1.54) is 0 Å². The van der Waals surface area contributed by atoms with Crippen LogP contribution in [0.5, 0.6) is 0 Å². The van der Waals surface area contributed by atoms with E-state index in [9.17, 15) is 9.59 Å². The van der Waals surface area contributed by atoms with E-state index in [1.54, 1.807) is 18.2 Å². The number of carbonyl (C=O) groups is 2. The highest BCUT2D eigenvalue weighted by Gasteiger charge is 2.23. The van der Waals surface area contributed by atoms with Crippen molar-refractivity contribution in [2.75, 3.05) is 70.9 Å². The third kappa shape index (κ3) is 6.06. The average Bonchev–Trinajstić information content (AvgIpc) is 2.70. The van der Waals surface area contributed by atoms with Gasteiger partial charge in [-0.05, 0) is 12.1 Å². The molecule has 7 nitrogen and oxygen atoms in total. The standard InChI is InChI=1S/C19H26Cl2N4O3/c20-15-2-1-3-16(21)19(15)22-17(26)4-5-23-6-8-25(9-7-23)18(27)14-24-10-12-28-13-11-24/h1-3H,4-14H2,(H,22,26). The molecule has 1 aromatic rings. The molecule has 2 fully saturated rings. The van der Waals surface area contributed by atoms with E-state index in [0.29, 0.717) is 61.5 Å². The van der Waals surface area contributed by atoms with Gasteiger partial charge in [-0.3, -0.25) is 19.4 Å². The van der Waals surface area contributed by atoms with Crippen LogP contribution in [0.3, 0.4) is 0 Å². The van der Waals surface area contributed by atoms with E-state index in [1.807, 2.05) is 4.90 Å². The summed E-state index contributed by atoms with van der Waals surface area (Å²) >= 11 is 12.2. The van der Waals surface area contributed by atoms with E-state index < -0.39 is 0 Å². The molecule has 0 aromatic heterocycles. The number of morpholine rings is 1. The summed E-state index contributed by atoms with van der Waals surface area (Å²) in [5.74, 6) is 0.0495. The third-order valence-electron chi connectivity index (χ3n) is 5.07. The Kier molecular flexibility index (Phi) is 7.93. The van der Waals surface area contributed by atoms with Crippen LogP contribution in [0.15, 0.2) is 18.2 Å². The van der Waals surface area contributed by atoms with Gasteiger partial charge in [0.15, 0.2) is 0 Å². The molecular weight excluding hydrogens is 403 g/mol. The summed E-state index contributed by atoms with van der Waals surface area (Å²) in [6.07, 6.45) is 0.350. The topological polar surface area (TPSA) is 65.1 Å². The number of amides is 2. The lowest BCUT2D eigenvalue weighted by molar-refractivity contribution is -0.135. The minimum Gasteiger partial charge on any atom is -0.379 e. The maximum absolute atomic E-state index is 12.4. The lowest BCUT2D eigenvalue weighted by atomic mass is 10.2. The van der Waals surface area contributed by atoms with Crippen LogP contribution in [0.4, 0.5) is 5.69 Å². The Bertz CT molecular complexity index is 670. The largest absolute Gasteiger partial charge is 0.379 e. The molecule has 0 saturated carbocycles. The maximum atomic E-state index is 12.4. The number of halogens is 2. The highest BCUT2D eigenvalue weighted by molar-refractivity contribution is 6.39. The first-order valence-electron chi connectivity index (χ1n) is 9.57. The molecule has 2 saturated heterocycles. The van der Waals surface area contributed by atoms with Gasteiger partial charge in [0.05, 0.1) is 35.5 Å². The van der Waals surface area contributed by atoms with Crippen molar-refractivity contribution < 1.29 is 14.3 Å². The van der Waals surface area contributed by atoms with Crippen LogP contribution in [-0.4, -0.2) is 92.1 Å². The summed E-state index contributed by atoms with van der Waals surface area (Å²) in [4.78, 5) is 30.9. The molecular formula is C19H26Cl2N4O3. The van der Waals surface area contributed by atoms with Crippen LogP contribution in [0.2, 0.25) is 10.0 Å². The number of nitrogens with zero attached hydrogens (tertiary/aromatic N) is 3. The Labute approximate surface area is 175 Å². The Morgan fingerprint density at radius 1 is 0.964 bits per heavy atom. The van der Waals surface area contributed by atoms with Crippen LogP contribution < -0.4 is 5.32 Å². The molecule has 2 aliphatic rings. The van der Waals surface area contributed by atoms with Crippen LogP contribution in [0, 0.1) is 0 Å². The Balaban J connectivity index is 1.37. The van der Waals surface area contributed by atoms with Gasteiger partial charge < -0.3 is 15.0 Å². The van der Waals surface area contributed by atoms with E-state index in [2.05, 4.69) is 15.1 Å². The van der Waals surface area contributed by atoms with Gasteiger partial charge in [0.1, 0.15) is 0 Å². The fraction of sp³-hybridized carbons (Fsp3) is 0.579. The molecule has 0 spiro atoms. The molecule has 0 unspecified atom stereocenters. The number of nitrogens with one attached hydrogen (secondary N) is 1. The van der Waals surface area contributed by atoms with E-state index >= 15 is 0 Å². The zero-order chi connectivity index (χ0) is 19.9. The smallest absolute Gasteiger partial charge is 0.236 e. The second-order valence-corrected chi connectivity index (χ2v) is 7.82. The summed E-state index contributed by atoms with van der Waals surface area (Å²) in [5.41, 5.74) is 0.453. The maximum Gasteiger partial charge on any atom is 0.236 e. The van der Waals surface area contributed by atoms with Crippen molar-refractivity contribution in [2.45, 2.75) is 6.42 Å². The molecule has 1 N–H and O–H groups in total. The minimum absolute atomic E-state index is 0.124. The van der Waals surface area contributed by atoms with E-state index in [0.717, 1.165) is 26.2 Å². The fourth-order valence-corrected chi connectivity index (χ4v) is 3.84. The molecule has 0 aliphatic carbocycles. The van der Waals surface area contributed by atoms with Gasteiger partial charge in [-0.15, -0.1) is 0 Å². The predicted octanol–water partition coefficient (Wildman–Crippen LogP) is 1.80. The summed E-state index contributed by atoms with van der Waals surface area (Å²) in [6.45, 7) is 7.06. The van der Waals surface area contributed by atoms with Crippen molar-refractivity contribution in [3.05, 3.63) is 28.2 Å². The first-order chi connectivity index (χ1) is 13.5. The molecule has 2 heterocycles. The summed E-state index contributed by atoms with van der Waals surface area (Å²) in [6, 6.07) is 5.12. The van der Waals surface area contributed by atoms with Gasteiger partial charge in [0, 0.05) is 52.2 Å². The quantitative estimate of drug-likeness (QED) is 0.747. The van der Waals surface area contributed by atoms with Gasteiger partial charge in [-0.2, -0.15) is 0 Å². The molecule has 154 valence electrons. The summed E-state index contributed by atoms with van der Waals surface area (Å²) in [5, 5.41) is 3.63. The third-order valence-corrected chi connectivity index (χ3v) is 5.70. The molecule has 0 radical (unpaired) electrons. The molecule has 28 heavy (non-hydrogen) atoms. The zero-order valence-electron chi connectivity index (χ0n) is 15.8.